The van der Waals surface area contributed by atoms with Crippen molar-refractivity contribution in [1.82, 2.24) is 10.3 Å². The lowest BCUT2D eigenvalue weighted by Gasteiger charge is -2.37. The van der Waals surface area contributed by atoms with Crippen LogP contribution in [-0.2, 0) is 9.53 Å². The molecule has 1 amide bonds. The molecular formula is C13H25N3O2. The molecule has 0 saturated carbocycles. The predicted octanol–water partition coefficient (Wildman–Crippen LogP) is 0.646. The lowest BCUT2D eigenvalue weighted by atomic mass is 9.82. The molecule has 0 aromatic rings. The Hall–Kier alpha value is -0.650. The molecule has 5 heteroatoms. The zero-order valence-corrected chi connectivity index (χ0v) is 11.4. The zero-order chi connectivity index (χ0) is 13.2. The van der Waals surface area contributed by atoms with Crippen LogP contribution in [0.3, 0.4) is 0 Å². The molecule has 18 heavy (non-hydrogen) atoms. The fourth-order valence-electron chi connectivity index (χ4n) is 2.75. The van der Waals surface area contributed by atoms with Crippen LogP contribution >= 0.6 is 0 Å². The van der Waals surface area contributed by atoms with Gasteiger partial charge in [-0.15, -0.1) is 0 Å². The Kier molecular flexibility index (Phi) is 4.25. The molecule has 0 radical (unpaired) electrons. The molecular weight excluding hydrogens is 230 g/mol. The van der Waals surface area contributed by atoms with Gasteiger partial charge in [-0.3, -0.25) is 10.2 Å². The quantitative estimate of drug-likeness (QED) is 0.441. The molecule has 2 aliphatic rings. The number of ether oxygens (including phenoxy) is 1. The molecule has 2 saturated heterocycles. The molecule has 2 unspecified atom stereocenters. The lowest BCUT2D eigenvalue weighted by Crippen LogP contribution is -2.42. The van der Waals surface area contributed by atoms with Crippen LogP contribution in [0, 0.1) is 5.41 Å². The fraction of sp³-hybridized carbons (Fsp3) is 0.923. The standard InChI is InChI=1S/C13H25N3O2/c1-13(2)5-7-16(8-6-13)9-10-3-4-11(18-10)12(17)15-14/h10-11H,3-9,14H2,1-2H3,(H,15,17). The van der Waals surface area contributed by atoms with E-state index in [1.54, 1.807) is 0 Å². The number of nitrogens with one attached hydrogen (secondary N) is 1. The molecule has 0 aliphatic carbocycles. The van der Waals surface area contributed by atoms with E-state index in [1.165, 1.54) is 12.8 Å². The highest BCUT2D eigenvalue weighted by atomic mass is 16.5. The monoisotopic (exact) mass is 255 g/mol. The summed E-state index contributed by atoms with van der Waals surface area (Å²) in [5.74, 6) is 4.92. The average molecular weight is 255 g/mol. The van der Waals surface area contributed by atoms with Gasteiger partial charge in [-0.25, -0.2) is 5.84 Å². The fourth-order valence-corrected chi connectivity index (χ4v) is 2.75. The Bertz CT molecular complexity index is 297. The van der Waals surface area contributed by atoms with Crippen molar-refractivity contribution in [2.24, 2.45) is 11.3 Å². The van der Waals surface area contributed by atoms with Crippen molar-refractivity contribution < 1.29 is 9.53 Å². The molecule has 2 aliphatic heterocycles. The summed E-state index contributed by atoms with van der Waals surface area (Å²) in [5, 5.41) is 0. The second kappa shape index (κ2) is 5.55. The van der Waals surface area contributed by atoms with Crippen LogP contribution in [0.4, 0.5) is 0 Å². The summed E-state index contributed by atoms with van der Waals surface area (Å²) in [6.07, 6.45) is 4.07. The Balaban J connectivity index is 1.74. The molecule has 2 heterocycles. The van der Waals surface area contributed by atoms with Crippen molar-refractivity contribution in [1.29, 1.82) is 0 Å². The van der Waals surface area contributed by atoms with E-state index < -0.39 is 0 Å². The van der Waals surface area contributed by atoms with E-state index in [1.807, 2.05) is 0 Å². The van der Waals surface area contributed by atoms with Crippen LogP contribution in [0.25, 0.3) is 0 Å². The van der Waals surface area contributed by atoms with Gasteiger partial charge in [0, 0.05) is 6.54 Å². The number of likely N-dealkylation sites (tertiary alicyclic amines) is 1. The van der Waals surface area contributed by atoms with Crippen LogP contribution in [0.5, 0.6) is 0 Å². The van der Waals surface area contributed by atoms with E-state index in [0.29, 0.717) is 5.41 Å². The summed E-state index contributed by atoms with van der Waals surface area (Å²) in [4.78, 5) is 13.8. The van der Waals surface area contributed by atoms with E-state index in [-0.39, 0.29) is 18.1 Å². The molecule has 104 valence electrons. The Morgan fingerprint density at radius 1 is 1.39 bits per heavy atom. The maximum atomic E-state index is 11.4. The Morgan fingerprint density at radius 2 is 2.06 bits per heavy atom. The number of piperidine rings is 1. The van der Waals surface area contributed by atoms with Crippen molar-refractivity contribution in [3.05, 3.63) is 0 Å². The molecule has 2 atom stereocenters. The summed E-state index contributed by atoms with van der Waals surface area (Å²) < 4.78 is 5.74. The Morgan fingerprint density at radius 3 is 2.67 bits per heavy atom. The van der Waals surface area contributed by atoms with Gasteiger partial charge in [0.05, 0.1) is 6.10 Å². The van der Waals surface area contributed by atoms with Crippen LogP contribution < -0.4 is 11.3 Å². The molecule has 2 fully saturated rings. The van der Waals surface area contributed by atoms with Gasteiger partial charge in [-0.2, -0.15) is 0 Å². The maximum Gasteiger partial charge on any atom is 0.263 e. The van der Waals surface area contributed by atoms with Crippen molar-refractivity contribution in [3.8, 4) is 0 Å². The normalized spacial score (nSPS) is 32.4. The molecule has 0 bridgehead atoms. The summed E-state index contributed by atoms with van der Waals surface area (Å²) in [6, 6.07) is 0. The number of nitrogens with two attached hydrogens (primary N) is 1. The van der Waals surface area contributed by atoms with E-state index in [4.69, 9.17) is 10.6 Å². The first kappa shape index (κ1) is 13.8. The van der Waals surface area contributed by atoms with Gasteiger partial charge in [0.2, 0.25) is 0 Å². The zero-order valence-electron chi connectivity index (χ0n) is 11.4. The highest BCUT2D eigenvalue weighted by molar-refractivity contribution is 5.80. The number of hydrogen-bond donors (Lipinski definition) is 2. The van der Waals surface area contributed by atoms with Crippen molar-refractivity contribution >= 4 is 5.91 Å². The minimum absolute atomic E-state index is 0.188. The number of nitrogens with zero attached hydrogens (tertiary/aromatic N) is 1. The summed E-state index contributed by atoms with van der Waals surface area (Å²) in [6.45, 7) is 7.89. The number of hydrogen-bond acceptors (Lipinski definition) is 4. The second-order valence-corrected chi connectivity index (χ2v) is 6.30. The molecule has 3 N–H and O–H groups in total. The topological polar surface area (TPSA) is 67.6 Å². The van der Waals surface area contributed by atoms with Gasteiger partial charge in [-0.1, -0.05) is 13.8 Å². The van der Waals surface area contributed by atoms with Gasteiger partial charge in [0.1, 0.15) is 6.10 Å². The first-order chi connectivity index (χ1) is 8.50. The van der Waals surface area contributed by atoms with Crippen LogP contribution in [0.1, 0.15) is 39.5 Å². The molecule has 5 nitrogen and oxygen atoms in total. The minimum Gasteiger partial charge on any atom is -0.364 e. The van der Waals surface area contributed by atoms with Crippen LogP contribution in [0.2, 0.25) is 0 Å². The smallest absolute Gasteiger partial charge is 0.263 e. The summed E-state index contributed by atoms with van der Waals surface area (Å²) in [7, 11) is 0. The molecule has 0 aromatic carbocycles. The lowest BCUT2D eigenvalue weighted by molar-refractivity contribution is -0.132. The average Bonchev–Trinajstić information content (AvgIpc) is 2.79. The molecule has 2 rings (SSSR count). The van der Waals surface area contributed by atoms with E-state index in [0.717, 1.165) is 32.5 Å². The van der Waals surface area contributed by atoms with E-state index in [9.17, 15) is 4.79 Å². The third kappa shape index (κ3) is 3.43. The minimum atomic E-state index is -0.346. The number of carbonyl (C=O) groups excluding carboxylic acids is 1. The van der Waals surface area contributed by atoms with Gasteiger partial charge >= 0.3 is 0 Å². The van der Waals surface area contributed by atoms with Gasteiger partial charge in [-0.05, 0) is 44.2 Å². The van der Waals surface area contributed by atoms with Crippen LogP contribution in [0.15, 0.2) is 0 Å². The highest BCUT2D eigenvalue weighted by Gasteiger charge is 2.33. The first-order valence-corrected chi connectivity index (χ1v) is 6.88. The largest absolute Gasteiger partial charge is 0.364 e. The van der Waals surface area contributed by atoms with E-state index in [2.05, 4.69) is 24.2 Å². The number of amides is 1. The molecule has 0 spiro atoms. The van der Waals surface area contributed by atoms with Crippen molar-refractivity contribution in [2.75, 3.05) is 19.6 Å². The van der Waals surface area contributed by atoms with Crippen molar-refractivity contribution in [2.45, 2.75) is 51.7 Å². The number of rotatable bonds is 3. The second-order valence-electron chi connectivity index (χ2n) is 6.30. The summed E-state index contributed by atoms with van der Waals surface area (Å²) in [5.41, 5.74) is 2.65. The molecule has 0 aromatic heterocycles. The van der Waals surface area contributed by atoms with Gasteiger partial charge in [0.15, 0.2) is 0 Å². The van der Waals surface area contributed by atoms with Gasteiger partial charge < -0.3 is 9.64 Å². The highest BCUT2D eigenvalue weighted by Crippen LogP contribution is 2.30. The number of hydrazine groups is 1. The van der Waals surface area contributed by atoms with Crippen LogP contribution in [-0.4, -0.2) is 42.6 Å². The first-order valence-electron chi connectivity index (χ1n) is 6.88. The van der Waals surface area contributed by atoms with E-state index >= 15 is 0 Å². The summed E-state index contributed by atoms with van der Waals surface area (Å²) >= 11 is 0. The Labute approximate surface area is 109 Å². The van der Waals surface area contributed by atoms with Crippen molar-refractivity contribution in [3.63, 3.8) is 0 Å². The SMILES string of the molecule is CC1(C)CCN(CC2CCC(C(=O)NN)O2)CC1. The maximum absolute atomic E-state index is 11.4. The third-order valence-corrected chi connectivity index (χ3v) is 4.21. The van der Waals surface area contributed by atoms with Gasteiger partial charge in [0.25, 0.3) is 5.91 Å². The third-order valence-electron chi connectivity index (χ3n) is 4.21. The number of carbonyl (C=O) groups is 1. The predicted molar refractivity (Wildman–Crippen MR) is 69.7 cm³/mol.